The predicted octanol–water partition coefficient (Wildman–Crippen LogP) is 4.24. The Kier molecular flexibility index (Phi) is 4.16. The smallest absolute Gasteiger partial charge is 0.146 e. The molecule has 102 valence electrons. The monoisotopic (exact) mass is 296 g/mol. The van der Waals surface area contributed by atoms with Gasteiger partial charge in [0.15, 0.2) is 0 Å². The highest BCUT2D eigenvalue weighted by Gasteiger charge is 2.12. The lowest BCUT2D eigenvalue weighted by Gasteiger charge is -2.10. The molecule has 2 aromatic carbocycles. The lowest BCUT2D eigenvalue weighted by Crippen LogP contribution is -2.06. The van der Waals surface area contributed by atoms with Gasteiger partial charge in [0, 0.05) is 17.1 Å². The molecule has 1 N–H and O–H groups in total. The van der Waals surface area contributed by atoms with Crippen LogP contribution >= 0.6 is 11.6 Å². The first kappa shape index (κ1) is 14.2. The highest BCUT2D eigenvalue weighted by Crippen LogP contribution is 2.22. The van der Waals surface area contributed by atoms with Gasteiger partial charge in [0.05, 0.1) is 17.3 Å². The van der Waals surface area contributed by atoms with Crippen LogP contribution in [-0.4, -0.2) is 0 Å². The van der Waals surface area contributed by atoms with Gasteiger partial charge in [0.2, 0.25) is 0 Å². The fraction of sp³-hybridized carbons (Fsp3) is 0.0714. The Balaban J connectivity index is 2.23. The molecule has 0 saturated carbocycles. The highest BCUT2D eigenvalue weighted by atomic mass is 35.5. The first-order valence-corrected chi connectivity index (χ1v) is 5.96. The molecule has 0 saturated heterocycles. The van der Waals surface area contributed by atoms with Crippen LogP contribution in [0.25, 0.3) is 0 Å². The minimum atomic E-state index is -0.864. The maximum absolute atomic E-state index is 13.6. The van der Waals surface area contributed by atoms with Crippen molar-refractivity contribution in [2.75, 3.05) is 5.32 Å². The minimum absolute atomic E-state index is 0.0423. The summed E-state index contributed by atoms with van der Waals surface area (Å²) in [7, 11) is 0. The van der Waals surface area contributed by atoms with Gasteiger partial charge in [0.25, 0.3) is 0 Å². The molecule has 0 spiro atoms. The van der Waals surface area contributed by atoms with Gasteiger partial charge in [-0.05, 0) is 30.3 Å². The molecule has 0 fully saturated rings. The van der Waals surface area contributed by atoms with Gasteiger partial charge in [-0.1, -0.05) is 11.6 Å². The van der Waals surface area contributed by atoms with Crippen LogP contribution in [-0.2, 0) is 6.54 Å². The number of nitrogens with zero attached hydrogens (tertiary/aromatic N) is 1. The summed E-state index contributed by atoms with van der Waals surface area (Å²) in [5.41, 5.74) is -0.346. The number of rotatable bonds is 3. The molecule has 0 aliphatic heterocycles. The van der Waals surface area contributed by atoms with E-state index in [1.165, 1.54) is 12.1 Å². The van der Waals surface area contributed by atoms with E-state index < -0.39 is 17.5 Å². The van der Waals surface area contributed by atoms with Gasteiger partial charge in [-0.15, -0.1) is 0 Å². The number of nitrogens with one attached hydrogen (secondary N) is 1. The lowest BCUT2D eigenvalue weighted by molar-refractivity contribution is 0.558. The van der Waals surface area contributed by atoms with Crippen molar-refractivity contribution in [1.29, 1.82) is 5.26 Å². The fourth-order valence-corrected chi connectivity index (χ4v) is 1.83. The van der Waals surface area contributed by atoms with Crippen molar-refractivity contribution in [2.45, 2.75) is 6.54 Å². The standard InChI is InChI=1S/C14H8ClF3N2/c15-9-1-2-11(16)14(5-9)20-7-10-12(17)3-8(6-19)4-13(10)18/h1-5,20H,7H2. The van der Waals surface area contributed by atoms with Crippen LogP contribution in [0.15, 0.2) is 30.3 Å². The Morgan fingerprint density at radius 1 is 1.05 bits per heavy atom. The molecule has 2 nitrogen and oxygen atoms in total. The van der Waals surface area contributed by atoms with E-state index in [0.29, 0.717) is 5.02 Å². The van der Waals surface area contributed by atoms with Gasteiger partial charge in [-0.2, -0.15) is 5.26 Å². The van der Waals surface area contributed by atoms with Gasteiger partial charge in [-0.3, -0.25) is 0 Å². The van der Waals surface area contributed by atoms with Crippen LogP contribution in [0.1, 0.15) is 11.1 Å². The quantitative estimate of drug-likeness (QED) is 0.919. The van der Waals surface area contributed by atoms with E-state index in [2.05, 4.69) is 5.32 Å². The third kappa shape index (κ3) is 3.03. The number of hydrogen-bond acceptors (Lipinski definition) is 2. The summed E-state index contributed by atoms with van der Waals surface area (Å²) in [6.07, 6.45) is 0. The summed E-state index contributed by atoms with van der Waals surface area (Å²) < 4.78 is 40.7. The Labute approximate surface area is 118 Å². The number of hydrogen-bond donors (Lipinski definition) is 1. The molecule has 0 bridgehead atoms. The normalized spacial score (nSPS) is 10.2. The Morgan fingerprint density at radius 3 is 2.30 bits per heavy atom. The van der Waals surface area contributed by atoms with Gasteiger partial charge >= 0.3 is 0 Å². The van der Waals surface area contributed by atoms with Crippen molar-refractivity contribution in [3.05, 3.63) is 63.9 Å². The largest absolute Gasteiger partial charge is 0.378 e. The minimum Gasteiger partial charge on any atom is -0.378 e. The second-order valence-electron chi connectivity index (χ2n) is 4.01. The van der Waals surface area contributed by atoms with Gasteiger partial charge in [-0.25, -0.2) is 13.2 Å². The molecule has 20 heavy (non-hydrogen) atoms. The fourth-order valence-electron chi connectivity index (χ4n) is 1.65. The van der Waals surface area contributed by atoms with Gasteiger partial charge in [0.1, 0.15) is 17.5 Å². The zero-order valence-electron chi connectivity index (χ0n) is 10.1. The van der Waals surface area contributed by atoms with E-state index in [-0.39, 0.29) is 23.4 Å². The first-order valence-electron chi connectivity index (χ1n) is 5.58. The molecule has 6 heteroatoms. The number of nitriles is 1. The van der Waals surface area contributed by atoms with Crippen LogP contribution in [0.2, 0.25) is 5.02 Å². The molecule has 0 amide bonds. The number of anilines is 1. The van der Waals surface area contributed by atoms with Crippen molar-refractivity contribution in [2.24, 2.45) is 0 Å². The molecule has 0 aromatic heterocycles. The van der Waals surface area contributed by atoms with E-state index in [1.54, 1.807) is 6.07 Å². The van der Waals surface area contributed by atoms with Crippen LogP contribution in [0, 0.1) is 28.8 Å². The lowest BCUT2D eigenvalue weighted by atomic mass is 10.1. The Hall–Kier alpha value is -2.19. The topological polar surface area (TPSA) is 35.8 Å². The maximum atomic E-state index is 13.6. The number of halogens is 4. The molecule has 0 atom stereocenters. The molecule has 2 rings (SSSR count). The summed E-state index contributed by atoms with van der Waals surface area (Å²) in [5, 5.41) is 11.5. The van der Waals surface area contributed by atoms with Crippen molar-refractivity contribution in [3.63, 3.8) is 0 Å². The third-order valence-corrected chi connectivity index (χ3v) is 2.89. The summed E-state index contributed by atoms with van der Waals surface area (Å²) in [6.45, 7) is -0.263. The molecule has 0 radical (unpaired) electrons. The van der Waals surface area contributed by atoms with Crippen molar-refractivity contribution in [3.8, 4) is 6.07 Å². The van der Waals surface area contributed by atoms with Crippen LogP contribution < -0.4 is 5.32 Å². The SMILES string of the molecule is N#Cc1cc(F)c(CNc2cc(Cl)ccc2F)c(F)c1. The van der Waals surface area contributed by atoms with E-state index in [1.807, 2.05) is 0 Å². The van der Waals surface area contributed by atoms with E-state index in [0.717, 1.165) is 18.2 Å². The van der Waals surface area contributed by atoms with E-state index in [9.17, 15) is 13.2 Å². The van der Waals surface area contributed by atoms with Crippen molar-refractivity contribution < 1.29 is 13.2 Å². The second kappa shape index (κ2) is 5.85. The average Bonchev–Trinajstić information content (AvgIpc) is 2.41. The van der Waals surface area contributed by atoms with Crippen molar-refractivity contribution >= 4 is 17.3 Å². The first-order chi connectivity index (χ1) is 9.51. The summed E-state index contributed by atoms with van der Waals surface area (Å²) in [6, 6.07) is 7.33. The van der Waals surface area contributed by atoms with E-state index in [4.69, 9.17) is 16.9 Å². The molecular formula is C14H8ClF3N2. The zero-order valence-corrected chi connectivity index (χ0v) is 10.8. The van der Waals surface area contributed by atoms with Crippen LogP contribution in [0.3, 0.4) is 0 Å². The molecule has 0 unspecified atom stereocenters. The summed E-state index contributed by atoms with van der Waals surface area (Å²) in [5.74, 6) is -2.31. The van der Waals surface area contributed by atoms with Crippen molar-refractivity contribution in [1.82, 2.24) is 0 Å². The highest BCUT2D eigenvalue weighted by molar-refractivity contribution is 6.30. The van der Waals surface area contributed by atoms with Gasteiger partial charge < -0.3 is 5.32 Å². The average molecular weight is 297 g/mol. The Morgan fingerprint density at radius 2 is 1.70 bits per heavy atom. The molecule has 2 aromatic rings. The zero-order chi connectivity index (χ0) is 14.7. The van der Waals surface area contributed by atoms with Crippen LogP contribution in [0.5, 0.6) is 0 Å². The van der Waals surface area contributed by atoms with E-state index >= 15 is 0 Å². The second-order valence-corrected chi connectivity index (χ2v) is 4.44. The summed E-state index contributed by atoms with van der Waals surface area (Å²) in [4.78, 5) is 0. The maximum Gasteiger partial charge on any atom is 0.146 e. The summed E-state index contributed by atoms with van der Waals surface area (Å²) >= 11 is 5.71. The predicted molar refractivity (Wildman–Crippen MR) is 69.8 cm³/mol. The van der Waals surface area contributed by atoms with Crippen LogP contribution in [0.4, 0.5) is 18.9 Å². The third-order valence-electron chi connectivity index (χ3n) is 2.65. The molecule has 0 aliphatic rings. The number of benzene rings is 2. The molecular weight excluding hydrogens is 289 g/mol. The molecule has 0 aliphatic carbocycles. The molecule has 0 heterocycles. The Bertz CT molecular complexity index is 672.